The number of ether oxygens (including phenoxy) is 2. The van der Waals surface area contributed by atoms with E-state index in [-0.39, 0.29) is 0 Å². The largest absolute Gasteiger partial charge is 0.462 e. The first-order chi connectivity index (χ1) is 12.5. The van der Waals surface area contributed by atoms with Gasteiger partial charge in [-0.3, -0.25) is 0 Å². The summed E-state index contributed by atoms with van der Waals surface area (Å²) in [5.41, 5.74) is 0.691. The molecule has 1 rings (SSSR count). The van der Waals surface area contributed by atoms with Crippen LogP contribution in [-0.4, -0.2) is 24.6 Å². The number of unbranched alkanes of at least 4 members (excludes halogenated alkanes) is 2. The van der Waals surface area contributed by atoms with Crippen molar-refractivity contribution in [1.82, 2.24) is 0 Å². The first-order valence-electron chi connectivity index (χ1n) is 9.44. The molecule has 0 N–H and O–H groups in total. The standard InChI is InChI=1S/C22H30O4/c1-5-7-9-14-25-21(23)18-11-10-12-19(16-18)22(24)26-20(13-8-6-2)15-17(3)4/h10-12,16-17,20H,5-7,9,14-15H2,1-4H3. The van der Waals surface area contributed by atoms with Gasteiger partial charge in [0.25, 0.3) is 0 Å². The van der Waals surface area contributed by atoms with Gasteiger partial charge in [-0.25, -0.2) is 9.59 Å². The van der Waals surface area contributed by atoms with Gasteiger partial charge in [-0.2, -0.15) is 0 Å². The lowest BCUT2D eigenvalue weighted by Crippen LogP contribution is -2.19. The van der Waals surface area contributed by atoms with Crippen molar-refractivity contribution < 1.29 is 19.1 Å². The highest BCUT2D eigenvalue weighted by Crippen LogP contribution is 2.13. The molecule has 0 aromatic heterocycles. The van der Waals surface area contributed by atoms with Gasteiger partial charge >= 0.3 is 11.9 Å². The van der Waals surface area contributed by atoms with Crippen LogP contribution >= 0.6 is 0 Å². The molecule has 0 saturated heterocycles. The predicted molar refractivity (Wildman–Crippen MR) is 103 cm³/mol. The molecular weight excluding hydrogens is 328 g/mol. The zero-order valence-electron chi connectivity index (χ0n) is 16.3. The highest BCUT2D eigenvalue weighted by molar-refractivity contribution is 5.95. The molecule has 0 bridgehead atoms. The molecular formula is C22H30O4. The van der Waals surface area contributed by atoms with Crippen LogP contribution < -0.4 is 0 Å². The molecule has 0 aliphatic carbocycles. The predicted octanol–water partition coefficient (Wildman–Crippen LogP) is 5.02. The summed E-state index contributed by atoms with van der Waals surface area (Å²) in [5, 5.41) is 0. The second-order valence-corrected chi connectivity index (χ2v) is 6.62. The Morgan fingerprint density at radius 3 is 2.38 bits per heavy atom. The molecule has 0 radical (unpaired) electrons. The topological polar surface area (TPSA) is 52.6 Å². The normalized spacial score (nSPS) is 11.4. The third-order valence-electron chi connectivity index (χ3n) is 3.69. The molecule has 1 unspecified atom stereocenters. The van der Waals surface area contributed by atoms with Gasteiger partial charge in [-0.05, 0) is 37.0 Å². The average Bonchev–Trinajstić information content (AvgIpc) is 2.62. The third-order valence-corrected chi connectivity index (χ3v) is 3.69. The highest BCUT2D eigenvalue weighted by Gasteiger charge is 2.17. The maximum Gasteiger partial charge on any atom is 0.339 e. The smallest absolute Gasteiger partial charge is 0.339 e. The lowest BCUT2D eigenvalue weighted by atomic mass is 10.1. The first-order valence-corrected chi connectivity index (χ1v) is 9.44. The summed E-state index contributed by atoms with van der Waals surface area (Å²) in [6.45, 7) is 8.56. The van der Waals surface area contributed by atoms with Gasteiger partial charge in [0.2, 0.25) is 0 Å². The monoisotopic (exact) mass is 358 g/mol. The molecule has 1 atom stereocenters. The molecule has 4 nitrogen and oxygen atoms in total. The maximum absolute atomic E-state index is 12.4. The van der Waals surface area contributed by atoms with Crippen LogP contribution in [0.25, 0.3) is 0 Å². The van der Waals surface area contributed by atoms with E-state index >= 15 is 0 Å². The Kier molecular flexibility index (Phi) is 10.2. The van der Waals surface area contributed by atoms with E-state index in [1.165, 1.54) is 6.07 Å². The van der Waals surface area contributed by atoms with Crippen molar-refractivity contribution in [3.8, 4) is 11.8 Å². The zero-order chi connectivity index (χ0) is 19.4. The zero-order valence-corrected chi connectivity index (χ0v) is 16.3. The van der Waals surface area contributed by atoms with Crippen LogP contribution in [0.2, 0.25) is 0 Å². The van der Waals surface area contributed by atoms with Crippen molar-refractivity contribution >= 4 is 11.9 Å². The average molecular weight is 358 g/mol. The number of carbonyl (C=O) groups is 2. The fraction of sp³-hybridized carbons (Fsp3) is 0.545. The molecule has 0 aliphatic heterocycles. The van der Waals surface area contributed by atoms with Gasteiger partial charge in [0.05, 0.1) is 17.7 Å². The van der Waals surface area contributed by atoms with Crippen molar-refractivity contribution in [3.63, 3.8) is 0 Å². The number of rotatable bonds is 9. The van der Waals surface area contributed by atoms with Crippen molar-refractivity contribution in [2.45, 2.75) is 65.9 Å². The molecule has 142 valence electrons. The van der Waals surface area contributed by atoms with Crippen molar-refractivity contribution in [3.05, 3.63) is 35.4 Å². The Morgan fingerprint density at radius 1 is 1.08 bits per heavy atom. The molecule has 1 aromatic carbocycles. The number of benzene rings is 1. The minimum Gasteiger partial charge on any atom is -0.462 e. The number of esters is 2. The van der Waals surface area contributed by atoms with Crippen LogP contribution in [0.1, 0.15) is 80.5 Å². The summed E-state index contributed by atoms with van der Waals surface area (Å²) in [4.78, 5) is 24.5. The van der Waals surface area contributed by atoms with Crippen LogP contribution in [0.3, 0.4) is 0 Å². The molecule has 0 fully saturated rings. The number of carbonyl (C=O) groups excluding carboxylic acids is 2. The van der Waals surface area contributed by atoms with E-state index in [1.54, 1.807) is 18.2 Å². The maximum atomic E-state index is 12.4. The van der Waals surface area contributed by atoms with Crippen LogP contribution in [-0.2, 0) is 9.47 Å². The van der Waals surface area contributed by atoms with Crippen molar-refractivity contribution in [2.24, 2.45) is 5.92 Å². The Labute approximate surface area is 157 Å². The molecule has 1 aromatic rings. The van der Waals surface area contributed by atoms with E-state index in [2.05, 4.69) is 32.6 Å². The van der Waals surface area contributed by atoms with Gasteiger partial charge in [0.1, 0.15) is 0 Å². The van der Waals surface area contributed by atoms with Crippen LogP contribution in [0.15, 0.2) is 24.3 Å². The van der Waals surface area contributed by atoms with Gasteiger partial charge in [-0.1, -0.05) is 58.4 Å². The van der Waals surface area contributed by atoms with E-state index in [1.807, 2.05) is 6.92 Å². The van der Waals surface area contributed by atoms with E-state index in [9.17, 15) is 9.59 Å². The molecule has 0 heterocycles. The molecule has 0 spiro atoms. The quantitative estimate of drug-likeness (QED) is 0.353. The van der Waals surface area contributed by atoms with E-state index < -0.39 is 18.0 Å². The van der Waals surface area contributed by atoms with Gasteiger partial charge < -0.3 is 9.47 Å². The summed E-state index contributed by atoms with van der Waals surface area (Å²) in [6, 6.07) is 6.45. The van der Waals surface area contributed by atoms with E-state index in [0.29, 0.717) is 36.5 Å². The minimum absolute atomic E-state index is 0.333. The molecule has 0 aliphatic rings. The highest BCUT2D eigenvalue weighted by atomic mass is 16.5. The Balaban J connectivity index is 2.75. The van der Waals surface area contributed by atoms with E-state index in [0.717, 1.165) is 19.3 Å². The van der Waals surface area contributed by atoms with Crippen LogP contribution in [0.4, 0.5) is 0 Å². The number of hydrogen-bond acceptors (Lipinski definition) is 4. The summed E-state index contributed by atoms with van der Waals surface area (Å²) < 4.78 is 10.8. The molecule has 0 saturated carbocycles. The fourth-order valence-electron chi connectivity index (χ4n) is 2.35. The molecule has 4 heteroatoms. The lowest BCUT2D eigenvalue weighted by Gasteiger charge is -2.15. The van der Waals surface area contributed by atoms with Crippen LogP contribution in [0, 0.1) is 17.8 Å². The molecule has 26 heavy (non-hydrogen) atoms. The molecule has 0 amide bonds. The van der Waals surface area contributed by atoms with Gasteiger partial charge in [0, 0.05) is 6.42 Å². The summed E-state index contributed by atoms with van der Waals surface area (Å²) >= 11 is 0. The summed E-state index contributed by atoms with van der Waals surface area (Å²) in [5.74, 6) is 5.44. The fourth-order valence-corrected chi connectivity index (χ4v) is 2.35. The first kappa shape index (κ1) is 21.8. The number of hydrogen-bond donors (Lipinski definition) is 0. The summed E-state index contributed by atoms with van der Waals surface area (Å²) in [7, 11) is 0. The van der Waals surface area contributed by atoms with E-state index in [4.69, 9.17) is 9.47 Å². The van der Waals surface area contributed by atoms with Gasteiger partial charge in [-0.15, -0.1) is 0 Å². The minimum atomic E-state index is -0.471. The van der Waals surface area contributed by atoms with Crippen LogP contribution in [0.5, 0.6) is 0 Å². The second kappa shape index (κ2) is 12.1. The Hall–Kier alpha value is -2.28. The summed E-state index contributed by atoms with van der Waals surface area (Å²) in [6.07, 6.45) is 3.89. The Bertz CT molecular complexity index is 637. The lowest BCUT2D eigenvalue weighted by molar-refractivity contribution is 0.0377. The third kappa shape index (κ3) is 8.20. The second-order valence-electron chi connectivity index (χ2n) is 6.62. The van der Waals surface area contributed by atoms with Crippen molar-refractivity contribution in [1.29, 1.82) is 0 Å². The SMILES string of the molecule is CCC#CC(CC(C)C)OC(=O)c1cccc(C(=O)OCCCCC)c1. The van der Waals surface area contributed by atoms with Crippen molar-refractivity contribution in [2.75, 3.05) is 6.61 Å². The van der Waals surface area contributed by atoms with Gasteiger partial charge in [0.15, 0.2) is 6.10 Å². The Morgan fingerprint density at radius 2 is 1.77 bits per heavy atom.